The lowest BCUT2D eigenvalue weighted by molar-refractivity contribution is -0.121. The van der Waals surface area contributed by atoms with Gasteiger partial charge < -0.3 is 9.88 Å². The van der Waals surface area contributed by atoms with Crippen LogP contribution in [0.15, 0.2) is 24.3 Å². The van der Waals surface area contributed by atoms with Crippen LogP contribution in [-0.2, 0) is 31.2 Å². The van der Waals surface area contributed by atoms with Crippen molar-refractivity contribution >= 4 is 11.6 Å². The summed E-state index contributed by atoms with van der Waals surface area (Å²) >= 11 is 0. The molecule has 0 spiro atoms. The van der Waals surface area contributed by atoms with Crippen molar-refractivity contribution < 1.29 is 4.79 Å². The molecule has 1 N–H and O–H groups in total. The van der Waals surface area contributed by atoms with Gasteiger partial charge in [-0.05, 0) is 24.5 Å². The molecular formula is C20H26N4O. The van der Waals surface area contributed by atoms with Gasteiger partial charge in [0.05, 0.1) is 11.7 Å². The number of amides is 1. The Morgan fingerprint density at radius 1 is 1.24 bits per heavy atom. The molecule has 1 aromatic carbocycles. The Morgan fingerprint density at radius 3 is 2.84 bits per heavy atom. The van der Waals surface area contributed by atoms with Gasteiger partial charge in [-0.15, -0.1) is 0 Å². The number of aromatic nitrogens is 2. The number of nitrogens with zero attached hydrogens (tertiary/aromatic N) is 3. The largest absolute Gasteiger partial charge is 0.335 e. The maximum atomic E-state index is 12.8. The van der Waals surface area contributed by atoms with Crippen molar-refractivity contribution in [2.24, 2.45) is 7.05 Å². The van der Waals surface area contributed by atoms with Crippen LogP contribution in [0.5, 0.6) is 0 Å². The maximum absolute atomic E-state index is 12.8. The molecule has 2 aliphatic rings. The number of carbonyl (C=O) groups excluding carboxylic acids is 1. The fraction of sp³-hybridized carbons (Fsp3) is 0.500. The van der Waals surface area contributed by atoms with E-state index < -0.39 is 0 Å². The SMILES string of the molecule is CC(C)c1nc2c(n1C)CCN([C@@H]1CCc3ccccc3NC1=O)C2. The van der Waals surface area contributed by atoms with Crippen molar-refractivity contribution in [1.29, 1.82) is 0 Å². The second-order valence-electron chi connectivity index (χ2n) is 7.50. The third-order valence-electron chi connectivity index (χ3n) is 5.54. The molecule has 1 aromatic heterocycles. The minimum absolute atomic E-state index is 0.0787. The lowest BCUT2D eigenvalue weighted by Crippen LogP contribution is -2.46. The second-order valence-corrected chi connectivity index (χ2v) is 7.50. The highest BCUT2D eigenvalue weighted by molar-refractivity contribution is 5.96. The van der Waals surface area contributed by atoms with Gasteiger partial charge in [-0.3, -0.25) is 9.69 Å². The van der Waals surface area contributed by atoms with Crippen LogP contribution in [0.2, 0.25) is 0 Å². The van der Waals surface area contributed by atoms with Crippen LogP contribution in [0.25, 0.3) is 0 Å². The van der Waals surface area contributed by atoms with E-state index in [9.17, 15) is 4.79 Å². The molecular weight excluding hydrogens is 312 g/mol. The Labute approximate surface area is 149 Å². The fourth-order valence-electron chi connectivity index (χ4n) is 4.20. The number of hydrogen-bond acceptors (Lipinski definition) is 3. The molecule has 4 rings (SSSR count). The van der Waals surface area contributed by atoms with E-state index in [1.807, 2.05) is 18.2 Å². The number of imidazole rings is 1. The number of aryl methyl sites for hydroxylation is 1. The average Bonchev–Trinajstić information content (AvgIpc) is 2.83. The van der Waals surface area contributed by atoms with Crippen LogP contribution in [0.3, 0.4) is 0 Å². The molecule has 0 saturated carbocycles. The molecule has 5 heteroatoms. The van der Waals surface area contributed by atoms with Crippen molar-refractivity contribution in [2.45, 2.75) is 51.6 Å². The lowest BCUT2D eigenvalue weighted by atomic mass is 10.0. The minimum Gasteiger partial charge on any atom is -0.335 e. The highest BCUT2D eigenvalue weighted by Gasteiger charge is 2.33. The third kappa shape index (κ3) is 2.86. The van der Waals surface area contributed by atoms with Crippen molar-refractivity contribution in [3.8, 4) is 0 Å². The molecule has 0 bridgehead atoms. The Kier molecular flexibility index (Phi) is 4.12. The van der Waals surface area contributed by atoms with E-state index in [0.29, 0.717) is 5.92 Å². The van der Waals surface area contributed by atoms with Crippen molar-refractivity contribution in [3.05, 3.63) is 47.0 Å². The predicted octanol–water partition coefficient (Wildman–Crippen LogP) is 2.86. The van der Waals surface area contributed by atoms with Crippen LogP contribution >= 0.6 is 0 Å². The van der Waals surface area contributed by atoms with Gasteiger partial charge >= 0.3 is 0 Å². The zero-order valence-electron chi connectivity index (χ0n) is 15.2. The first-order valence-electron chi connectivity index (χ1n) is 9.21. The fourth-order valence-corrected chi connectivity index (χ4v) is 4.20. The molecule has 2 aromatic rings. The van der Waals surface area contributed by atoms with E-state index >= 15 is 0 Å². The molecule has 2 aliphatic heterocycles. The first-order chi connectivity index (χ1) is 12.0. The van der Waals surface area contributed by atoms with E-state index in [1.54, 1.807) is 0 Å². The lowest BCUT2D eigenvalue weighted by Gasteiger charge is -2.32. The molecule has 132 valence electrons. The molecule has 0 fully saturated rings. The summed E-state index contributed by atoms with van der Waals surface area (Å²) in [6, 6.07) is 8.05. The summed E-state index contributed by atoms with van der Waals surface area (Å²) in [7, 11) is 2.12. The van der Waals surface area contributed by atoms with Gasteiger partial charge in [-0.1, -0.05) is 32.0 Å². The van der Waals surface area contributed by atoms with Gasteiger partial charge in [0, 0.05) is 43.9 Å². The molecule has 1 atom stereocenters. The van der Waals surface area contributed by atoms with E-state index in [2.05, 4.69) is 41.7 Å². The standard InChI is InChI=1S/C20H26N4O/c1-13(2)19-21-16-12-24(11-10-17(16)23(19)3)18-9-8-14-6-4-5-7-15(14)22-20(18)25/h4-7,13,18H,8-12H2,1-3H3,(H,22,25)/t18-/m1/s1. The summed E-state index contributed by atoms with van der Waals surface area (Å²) in [6.07, 6.45) is 2.76. The van der Waals surface area contributed by atoms with Gasteiger partial charge in [0.25, 0.3) is 0 Å². The molecule has 25 heavy (non-hydrogen) atoms. The van der Waals surface area contributed by atoms with E-state index in [4.69, 9.17) is 4.98 Å². The number of para-hydroxylation sites is 1. The Morgan fingerprint density at radius 2 is 2.04 bits per heavy atom. The number of hydrogen-bond donors (Lipinski definition) is 1. The van der Waals surface area contributed by atoms with Gasteiger partial charge in [0.1, 0.15) is 5.82 Å². The zero-order valence-corrected chi connectivity index (χ0v) is 15.2. The van der Waals surface area contributed by atoms with Gasteiger partial charge in [-0.25, -0.2) is 4.98 Å². The van der Waals surface area contributed by atoms with E-state index in [-0.39, 0.29) is 11.9 Å². The van der Waals surface area contributed by atoms with Crippen LogP contribution in [0, 0.1) is 0 Å². The Balaban J connectivity index is 1.56. The van der Waals surface area contributed by atoms with Gasteiger partial charge in [-0.2, -0.15) is 0 Å². The molecule has 0 aliphatic carbocycles. The summed E-state index contributed by atoms with van der Waals surface area (Å²) in [5.74, 6) is 1.68. The number of benzene rings is 1. The normalized spacial score (nSPS) is 20.8. The highest BCUT2D eigenvalue weighted by Crippen LogP contribution is 2.28. The third-order valence-corrected chi connectivity index (χ3v) is 5.54. The van der Waals surface area contributed by atoms with Crippen molar-refractivity contribution in [1.82, 2.24) is 14.5 Å². The molecule has 5 nitrogen and oxygen atoms in total. The summed E-state index contributed by atoms with van der Waals surface area (Å²) < 4.78 is 2.25. The van der Waals surface area contributed by atoms with Crippen LogP contribution in [-0.4, -0.2) is 32.9 Å². The quantitative estimate of drug-likeness (QED) is 0.916. The van der Waals surface area contributed by atoms with Gasteiger partial charge in [0.2, 0.25) is 5.91 Å². The van der Waals surface area contributed by atoms with Crippen molar-refractivity contribution in [3.63, 3.8) is 0 Å². The first-order valence-corrected chi connectivity index (χ1v) is 9.21. The number of rotatable bonds is 2. The number of anilines is 1. The summed E-state index contributed by atoms with van der Waals surface area (Å²) in [4.78, 5) is 20.0. The molecule has 0 saturated heterocycles. The number of carbonyl (C=O) groups is 1. The molecule has 1 amide bonds. The molecule has 0 unspecified atom stereocenters. The van der Waals surface area contributed by atoms with Crippen molar-refractivity contribution in [2.75, 3.05) is 11.9 Å². The van der Waals surface area contributed by atoms with Crippen LogP contribution in [0.1, 0.15) is 49.0 Å². The van der Waals surface area contributed by atoms with Crippen LogP contribution < -0.4 is 5.32 Å². The summed E-state index contributed by atoms with van der Waals surface area (Å²) in [6.45, 7) is 6.05. The van der Waals surface area contributed by atoms with E-state index in [1.165, 1.54) is 11.3 Å². The Bertz CT molecular complexity index is 808. The predicted molar refractivity (Wildman–Crippen MR) is 98.6 cm³/mol. The number of fused-ring (bicyclic) bond motifs is 2. The van der Waals surface area contributed by atoms with E-state index in [0.717, 1.165) is 49.6 Å². The zero-order chi connectivity index (χ0) is 17.6. The highest BCUT2D eigenvalue weighted by atomic mass is 16.2. The molecule has 3 heterocycles. The second kappa shape index (κ2) is 6.30. The average molecular weight is 338 g/mol. The smallest absolute Gasteiger partial charge is 0.241 e. The maximum Gasteiger partial charge on any atom is 0.241 e. The minimum atomic E-state index is -0.0787. The topological polar surface area (TPSA) is 50.2 Å². The Hall–Kier alpha value is -2.14. The monoisotopic (exact) mass is 338 g/mol. The van der Waals surface area contributed by atoms with Crippen LogP contribution in [0.4, 0.5) is 5.69 Å². The number of nitrogens with one attached hydrogen (secondary N) is 1. The summed E-state index contributed by atoms with van der Waals surface area (Å²) in [5, 5.41) is 3.12. The summed E-state index contributed by atoms with van der Waals surface area (Å²) in [5.41, 5.74) is 4.67. The first kappa shape index (κ1) is 16.3. The molecule has 0 radical (unpaired) electrons. The van der Waals surface area contributed by atoms with Gasteiger partial charge in [0.15, 0.2) is 0 Å².